The van der Waals surface area contributed by atoms with Crippen molar-refractivity contribution in [3.63, 3.8) is 0 Å². The quantitative estimate of drug-likeness (QED) is 0.910. The largest absolute Gasteiger partial charge is 0.342 e. The van der Waals surface area contributed by atoms with Gasteiger partial charge < -0.3 is 10.2 Å². The molecule has 132 valence electrons. The van der Waals surface area contributed by atoms with E-state index in [1.54, 1.807) is 0 Å². The van der Waals surface area contributed by atoms with E-state index in [9.17, 15) is 4.79 Å². The summed E-state index contributed by atoms with van der Waals surface area (Å²) in [7, 11) is 0. The van der Waals surface area contributed by atoms with Crippen LogP contribution in [0.15, 0.2) is 36.5 Å². The van der Waals surface area contributed by atoms with E-state index in [0.29, 0.717) is 23.8 Å². The second-order valence-electron chi connectivity index (χ2n) is 7.50. The molecule has 0 bridgehead atoms. The van der Waals surface area contributed by atoms with Crippen LogP contribution in [0.5, 0.6) is 0 Å². The second kappa shape index (κ2) is 7.12. The molecule has 0 radical (unpaired) electrons. The zero-order valence-corrected chi connectivity index (χ0v) is 14.9. The SMILES string of the molecule is CCC1CN(C(=O)C2CC2)CCC1NCc1cccc2cccnc12. The molecule has 1 aliphatic carbocycles. The van der Waals surface area contributed by atoms with Gasteiger partial charge in [-0.05, 0) is 36.8 Å². The van der Waals surface area contributed by atoms with Gasteiger partial charge in [0.1, 0.15) is 0 Å². The van der Waals surface area contributed by atoms with Gasteiger partial charge in [0, 0.05) is 43.2 Å². The third-order valence-electron chi connectivity index (χ3n) is 5.77. The van der Waals surface area contributed by atoms with Crippen molar-refractivity contribution in [1.29, 1.82) is 0 Å². The van der Waals surface area contributed by atoms with Crippen molar-refractivity contribution in [1.82, 2.24) is 15.2 Å². The Bertz CT molecular complexity index is 750. The first-order chi connectivity index (χ1) is 12.3. The van der Waals surface area contributed by atoms with E-state index in [0.717, 1.165) is 50.8 Å². The van der Waals surface area contributed by atoms with Gasteiger partial charge in [-0.1, -0.05) is 37.6 Å². The van der Waals surface area contributed by atoms with Gasteiger partial charge >= 0.3 is 0 Å². The fraction of sp³-hybridized carbons (Fsp3) is 0.524. The number of hydrogen-bond acceptors (Lipinski definition) is 3. The van der Waals surface area contributed by atoms with Gasteiger partial charge in [0.05, 0.1) is 5.52 Å². The predicted octanol–water partition coefficient (Wildman–Crippen LogP) is 3.36. The predicted molar refractivity (Wildman–Crippen MR) is 100 cm³/mol. The van der Waals surface area contributed by atoms with Crippen LogP contribution in [-0.2, 0) is 11.3 Å². The van der Waals surface area contributed by atoms with Crippen molar-refractivity contribution in [3.8, 4) is 0 Å². The molecule has 2 aliphatic rings. The molecule has 1 aromatic heterocycles. The van der Waals surface area contributed by atoms with Crippen LogP contribution in [0.2, 0.25) is 0 Å². The van der Waals surface area contributed by atoms with Crippen LogP contribution in [0.1, 0.15) is 38.2 Å². The fourth-order valence-corrected chi connectivity index (χ4v) is 4.05. The summed E-state index contributed by atoms with van der Waals surface area (Å²) in [5.41, 5.74) is 2.34. The number of rotatable bonds is 5. The minimum atomic E-state index is 0.337. The first-order valence-corrected chi connectivity index (χ1v) is 9.61. The monoisotopic (exact) mass is 337 g/mol. The van der Waals surface area contributed by atoms with E-state index in [4.69, 9.17) is 0 Å². The Hall–Kier alpha value is -1.94. The lowest BCUT2D eigenvalue weighted by Gasteiger charge is -2.39. The first kappa shape index (κ1) is 16.5. The topological polar surface area (TPSA) is 45.2 Å². The van der Waals surface area contributed by atoms with Crippen molar-refractivity contribution >= 4 is 16.8 Å². The molecule has 1 aliphatic heterocycles. The van der Waals surface area contributed by atoms with Crippen LogP contribution in [0.25, 0.3) is 10.9 Å². The molecular weight excluding hydrogens is 310 g/mol. The number of aromatic nitrogens is 1. The Morgan fingerprint density at radius 1 is 1.24 bits per heavy atom. The van der Waals surface area contributed by atoms with Crippen LogP contribution in [-0.4, -0.2) is 34.9 Å². The molecule has 1 saturated carbocycles. The molecule has 2 atom stereocenters. The number of nitrogens with zero attached hydrogens (tertiary/aromatic N) is 2. The lowest BCUT2D eigenvalue weighted by molar-refractivity contribution is -0.134. The van der Waals surface area contributed by atoms with Crippen molar-refractivity contribution in [2.24, 2.45) is 11.8 Å². The number of para-hydroxylation sites is 1. The van der Waals surface area contributed by atoms with Crippen LogP contribution in [0.4, 0.5) is 0 Å². The number of pyridine rings is 1. The lowest BCUT2D eigenvalue weighted by Crippen LogP contribution is -2.51. The second-order valence-corrected chi connectivity index (χ2v) is 7.50. The van der Waals surface area contributed by atoms with Crippen molar-refractivity contribution in [2.45, 2.75) is 45.2 Å². The maximum Gasteiger partial charge on any atom is 0.225 e. The summed E-state index contributed by atoms with van der Waals surface area (Å²) in [6.45, 7) is 4.89. The summed E-state index contributed by atoms with van der Waals surface area (Å²) < 4.78 is 0. The van der Waals surface area contributed by atoms with Crippen molar-refractivity contribution in [2.75, 3.05) is 13.1 Å². The molecule has 1 amide bonds. The average Bonchev–Trinajstić information content (AvgIpc) is 3.51. The number of hydrogen-bond donors (Lipinski definition) is 1. The van der Waals surface area contributed by atoms with Crippen LogP contribution in [0.3, 0.4) is 0 Å². The number of fused-ring (bicyclic) bond motifs is 1. The Balaban J connectivity index is 1.41. The molecule has 4 rings (SSSR count). The summed E-state index contributed by atoms with van der Waals surface area (Å²) in [6, 6.07) is 11.0. The standard InChI is InChI=1S/C21H27N3O/c1-2-15-14-24(21(25)17-8-9-17)12-10-19(15)23-13-18-6-3-5-16-7-4-11-22-20(16)18/h3-7,11,15,17,19,23H,2,8-10,12-14H2,1H3. The zero-order valence-electron chi connectivity index (χ0n) is 14.9. The molecule has 4 nitrogen and oxygen atoms in total. The Labute approximate surface area is 149 Å². The minimum Gasteiger partial charge on any atom is -0.342 e. The molecule has 2 aromatic rings. The highest BCUT2D eigenvalue weighted by molar-refractivity contribution is 5.82. The number of nitrogens with one attached hydrogen (secondary N) is 1. The maximum atomic E-state index is 12.4. The molecule has 1 saturated heterocycles. The van der Waals surface area contributed by atoms with Gasteiger partial charge in [0.25, 0.3) is 0 Å². The molecule has 2 fully saturated rings. The van der Waals surface area contributed by atoms with E-state index < -0.39 is 0 Å². The smallest absolute Gasteiger partial charge is 0.225 e. The van der Waals surface area contributed by atoms with Gasteiger partial charge in [-0.15, -0.1) is 0 Å². The minimum absolute atomic E-state index is 0.337. The van der Waals surface area contributed by atoms with E-state index in [2.05, 4.69) is 46.4 Å². The molecule has 2 unspecified atom stereocenters. The molecular formula is C21H27N3O. The average molecular weight is 337 g/mol. The molecule has 0 spiro atoms. The fourth-order valence-electron chi connectivity index (χ4n) is 4.05. The number of benzene rings is 1. The van der Waals surface area contributed by atoms with E-state index in [1.165, 1.54) is 10.9 Å². The Morgan fingerprint density at radius 2 is 2.08 bits per heavy atom. The van der Waals surface area contributed by atoms with Crippen LogP contribution in [0, 0.1) is 11.8 Å². The zero-order chi connectivity index (χ0) is 17.2. The highest BCUT2D eigenvalue weighted by atomic mass is 16.2. The number of amides is 1. The van der Waals surface area contributed by atoms with Gasteiger partial charge in [0.15, 0.2) is 0 Å². The third kappa shape index (κ3) is 3.54. The number of carbonyl (C=O) groups is 1. The Morgan fingerprint density at radius 3 is 2.88 bits per heavy atom. The number of likely N-dealkylation sites (tertiary alicyclic amines) is 1. The van der Waals surface area contributed by atoms with E-state index >= 15 is 0 Å². The van der Waals surface area contributed by atoms with Gasteiger partial charge in [-0.3, -0.25) is 9.78 Å². The van der Waals surface area contributed by atoms with Gasteiger partial charge in [-0.25, -0.2) is 0 Å². The molecule has 2 heterocycles. The van der Waals surface area contributed by atoms with Crippen molar-refractivity contribution in [3.05, 3.63) is 42.1 Å². The summed E-state index contributed by atoms with van der Waals surface area (Å²) >= 11 is 0. The normalized spacial score (nSPS) is 23.8. The number of piperidine rings is 1. The van der Waals surface area contributed by atoms with Crippen LogP contribution >= 0.6 is 0 Å². The van der Waals surface area contributed by atoms with Gasteiger partial charge in [0.2, 0.25) is 5.91 Å². The van der Waals surface area contributed by atoms with E-state index in [-0.39, 0.29) is 0 Å². The maximum absolute atomic E-state index is 12.4. The molecule has 1 N–H and O–H groups in total. The van der Waals surface area contributed by atoms with Crippen LogP contribution < -0.4 is 5.32 Å². The lowest BCUT2D eigenvalue weighted by atomic mass is 9.89. The summed E-state index contributed by atoms with van der Waals surface area (Å²) in [6.07, 6.45) is 6.22. The molecule has 25 heavy (non-hydrogen) atoms. The molecule has 4 heteroatoms. The highest BCUT2D eigenvalue weighted by Crippen LogP contribution is 2.33. The highest BCUT2D eigenvalue weighted by Gasteiger charge is 2.37. The first-order valence-electron chi connectivity index (χ1n) is 9.61. The third-order valence-corrected chi connectivity index (χ3v) is 5.77. The summed E-state index contributed by atoms with van der Waals surface area (Å²) in [5.74, 6) is 1.28. The Kier molecular flexibility index (Phi) is 4.71. The molecule has 1 aromatic carbocycles. The van der Waals surface area contributed by atoms with E-state index in [1.807, 2.05) is 12.3 Å². The summed E-state index contributed by atoms with van der Waals surface area (Å²) in [4.78, 5) is 19.0. The number of carbonyl (C=O) groups excluding carboxylic acids is 1. The summed E-state index contributed by atoms with van der Waals surface area (Å²) in [5, 5.41) is 4.95. The van der Waals surface area contributed by atoms with Crippen molar-refractivity contribution < 1.29 is 4.79 Å². The van der Waals surface area contributed by atoms with Gasteiger partial charge in [-0.2, -0.15) is 0 Å².